The quantitative estimate of drug-likeness (QED) is 0.175. The van der Waals surface area contributed by atoms with Gasteiger partial charge in [0.15, 0.2) is 0 Å². The van der Waals surface area contributed by atoms with Crippen molar-refractivity contribution in [3.05, 3.63) is 132 Å². The molecule has 3 amide bonds. The second-order valence-corrected chi connectivity index (χ2v) is 9.29. The van der Waals surface area contributed by atoms with Crippen molar-refractivity contribution in [2.24, 2.45) is 0 Å². The molecule has 1 aromatic heterocycles. The van der Waals surface area contributed by atoms with Crippen LogP contribution in [0.3, 0.4) is 0 Å². The summed E-state index contributed by atoms with van der Waals surface area (Å²) in [6.07, 6.45) is 1.79. The SMILES string of the molecule is O=C(Nc1ccccc1C(=O)Nc1ccccc1C(=O)NC(Cc1c[nH]c2ccccc12)C(=O)O)c1ccccc1. The van der Waals surface area contributed by atoms with E-state index in [9.17, 15) is 24.3 Å². The number of H-pyrrole nitrogens is 1. The van der Waals surface area contributed by atoms with E-state index in [2.05, 4.69) is 20.9 Å². The lowest BCUT2D eigenvalue weighted by Gasteiger charge is -2.17. The topological polar surface area (TPSA) is 140 Å². The van der Waals surface area contributed by atoms with Gasteiger partial charge in [0, 0.05) is 29.1 Å². The second kappa shape index (κ2) is 12.0. The molecule has 1 unspecified atom stereocenters. The number of aromatic amines is 1. The van der Waals surface area contributed by atoms with Gasteiger partial charge in [0.05, 0.1) is 22.5 Å². The van der Waals surface area contributed by atoms with Gasteiger partial charge < -0.3 is 26.0 Å². The van der Waals surface area contributed by atoms with Crippen LogP contribution in [0.4, 0.5) is 11.4 Å². The number of anilines is 2. The minimum atomic E-state index is -1.21. The van der Waals surface area contributed by atoms with E-state index in [4.69, 9.17) is 0 Å². The van der Waals surface area contributed by atoms with Crippen LogP contribution >= 0.6 is 0 Å². The Balaban J connectivity index is 1.33. The molecule has 0 aliphatic carbocycles. The van der Waals surface area contributed by atoms with Crippen molar-refractivity contribution in [2.75, 3.05) is 10.6 Å². The van der Waals surface area contributed by atoms with Crippen LogP contribution in [0.25, 0.3) is 10.9 Å². The van der Waals surface area contributed by atoms with Gasteiger partial charge in [-0.25, -0.2) is 4.79 Å². The first-order chi connectivity index (χ1) is 19.9. The molecule has 9 nitrogen and oxygen atoms in total. The molecule has 1 heterocycles. The predicted molar refractivity (Wildman–Crippen MR) is 156 cm³/mol. The molecule has 0 fully saturated rings. The largest absolute Gasteiger partial charge is 0.480 e. The lowest BCUT2D eigenvalue weighted by atomic mass is 10.0. The average molecular weight is 547 g/mol. The highest BCUT2D eigenvalue weighted by molar-refractivity contribution is 6.14. The highest BCUT2D eigenvalue weighted by Gasteiger charge is 2.24. The minimum absolute atomic E-state index is 0.0636. The number of hydrogen-bond acceptors (Lipinski definition) is 4. The molecule has 0 saturated heterocycles. The predicted octanol–water partition coefficient (Wildman–Crippen LogP) is 5.10. The number of amides is 3. The molecule has 5 aromatic rings. The van der Waals surface area contributed by atoms with Crippen LogP contribution in [0, 0.1) is 0 Å². The zero-order valence-electron chi connectivity index (χ0n) is 21.8. The fourth-order valence-electron chi connectivity index (χ4n) is 4.51. The maximum Gasteiger partial charge on any atom is 0.326 e. The highest BCUT2D eigenvalue weighted by atomic mass is 16.4. The zero-order valence-corrected chi connectivity index (χ0v) is 21.8. The monoisotopic (exact) mass is 546 g/mol. The number of rotatable bonds is 9. The van der Waals surface area contributed by atoms with Gasteiger partial charge in [0.2, 0.25) is 0 Å². The third-order valence-corrected chi connectivity index (χ3v) is 6.58. The lowest BCUT2D eigenvalue weighted by Crippen LogP contribution is -2.42. The van der Waals surface area contributed by atoms with Crippen molar-refractivity contribution in [1.82, 2.24) is 10.3 Å². The molecule has 0 bridgehead atoms. The number of nitrogens with one attached hydrogen (secondary N) is 4. The van der Waals surface area contributed by atoms with Crippen LogP contribution in [0.5, 0.6) is 0 Å². The summed E-state index contributed by atoms with van der Waals surface area (Å²) in [5.74, 6) is -2.77. The fraction of sp³-hybridized carbons (Fsp3) is 0.0625. The maximum atomic E-state index is 13.3. The van der Waals surface area contributed by atoms with E-state index in [1.807, 2.05) is 24.3 Å². The Morgan fingerprint density at radius 1 is 0.659 bits per heavy atom. The maximum absolute atomic E-state index is 13.3. The van der Waals surface area contributed by atoms with Gasteiger partial charge in [-0.1, -0.05) is 60.7 Å². The first-order valence-corrected chi connectivity index (χ1v) is 12.8. The first-order valence-electron chi connectivity index (χ1n) is 12.8. The second-order valence-electron chi connectivity index (χ2n) is 9.29. The fourth-order valence-corrected chi connectivity index (χ4v) is 4.51. The molecule has 0 spiro atoms. The van der Waals surface area contributed by atoms with Gasteiger partial charge in [0.1, 0.15) is 6.04 Å². The number of carboxylic acids is 1. The van der Waals surface area contributed by atoms with Crippen molar-refractivity contribution in [3.63, 3.8) is 0 Å². The number of hydrogen-bond donors (Lipinski definition) is 5. The van der Waals surface area contributed by atoms with Gasteiger partial charge >= 0.3 is 5.97 Å². The molecule has 41 heavy (non-hydrogen) atoms. The number of para-hydroxylation sites is 3. The molecule has 0 aliphatic heterocycles. The summed E-state index contributed by atoms with van der Waals surface area (Å²) in [7, 11) is 0. The highest BCUT2D eigenvalue weighted by Crippen LogP contribution is 2.22. The van der Waals surface area contributed by atoms with Gasteiger partial charge in [-0.3, -0.25) is 14.4 Å². The van der Waals surface area contributed by atoms with Gasteiger partial charge in [0.25, 0.3) is 17.7 Å². The molecule has 0 aliphatic rings. The molecule has 5 N–H and O–H groups in total. The van der Waals surface area contributed by atoms with E-state index in [0.717, 1.165) is 16.5 Å². The molecule has 0 radical (unpaired) electrons. The Labute approximate surface area is 235 Å². The third kappa shape index (κ3) is 6.15. The molecule has 5 rings (SSSR count). The Bertz CT molecular complexity index is 1750. The van der Waals surface area contributed by atoms with Crippen LogP contribution in [-0.2, 0) is 11.2 Å². The van der Waals surface area contributed by atoms with E-state index < -0.39 is 23.8 Å². The van der Waals surface area contributed by atoms with E-state index >= 15 is 0 Å². The number of aliphatic carboxylic acids is 1. The number of carbonyl (C=O) groups excluding carboxylic acids is 3. The lowest BCUT2D eigenvalue weighted by molar-refractivity contribution is -0.139. The van der Waals surface area contributed by atoms with Crippen molar-refractivity contribution < 1.29 is 24.3 Å². The zero-order chi connectivity index (χ0) is 28.8. The summed E-state index contributed by atoms with van der Waals surface area (Å²) in [5.41, 5.74) is 2.83. The standard InChI is InChI=1S/C32H26N4O5/c37-29(20-10-2-1-3-11-20)34-26-16-8-5-13-23(26)30(38)35-27-17-9-6-14-24(27)31(39)36-28(32(40)41)18-21-19-33-25-15-7-4-12-22(21)25/h1-17,19,28,33H,18H2,(H,34,37)(H,35,38)(H,36,39)(H,40,41). The number of fused-ring (bicyclic) bond motifs is 1. The normalized spacial score (nSPS) is 11.4. The van der Waals surface area contributed by atoms with E-state index in [1.165, 1.54) is 6.07 Å². The van der Waals surface area contributed by atoms with Gasteiger partial charge in [-0.2, -0.15) is 0 Å². The number of benzene rings is 4. The molecule has 4 aromatic carbocycles. The third-order valence-electron chi connectivity index (χ3n) is 6.58. The summed E-state index contributed by atoms with van der Waals surface area (Å²) in [5, 5.41) is 18.8. The van der Waals surface area contributed by atoms with Crippen molar-refractivity contribution in [2.45, 2.75) is 12.5 Å². The number of carbonyl (C=O) groups is 4. The van der Waals surface area contributed by atoms with Crippen molar-refractivity contribution in [3.8, 4) is 0 Å². The molecule has 9 heteroatoms. The smallest absolute Gasteiger partial charge is 0.326 e. The Morgan fingerprint density at radius 3 is 1.90 bits per heavy atom. The van der Waals surface area contributed by atoms with Crippen molar-refractivity contribution >= 4 is 46.0 Å². The van der Waals surface area contributed by atoms with Gasteiger partial charge in [-0.05, 0) is 48.0 Å². The van der Waals surface area contributed by atoms with Gasteiger partial charge in [-0.15, -0.1) is 0 Å². The van der Waals surface area contributed by atoms with Crippen LogP contribution in [0.1, 0.15) is 36.6 Å². The van der Waals surface area contributed by atoms with Crippen LogP contribution in [0.15, 0.2) is 109 Å². The van der Waals surface area contributed by atoms with Crippen LogP contribution in [0.2, 0.25) is 0 Å². The molecular formula is C32H26N4O5. The van der Waals surface area contributed by atoms with Crippen molar-refractivity contribution in [1.29, 1.82) is 0 Å². The van der Waals surface area contributed by atoms with Crippen LogP contribution < -0.4 is 16.0 Å². The average Bonchev–Trinajstić information content (AvgIpc) is 3.40. The Morgan fingerprint density at radius 2 is 1.22 bits per heavy atom. The van der Waals surface area contributed by atoms with E-state index in [0.29, 0.717) is 11.3 Å². The first kappa shape index (κ1) is 26.9. The Hall–Kier alpha value is -5.70. The summed E-state index contributed by atoms with van der Waals surface area (Å²) >= 11 is 0. The minimum Gasteiger partial charge on any atom is -0.480 e. The summed E-state index contributed by atoms with van der Waals surface area (Å²) < 4.78 is 0. The Kier molecular flexibility index (Phi) is 7.87. The summed E-state index contributed by atoms with van der Waals surface area (Å²) in [4.78, 5) is 54.4. The molecule has 204 valence electrons. The molecule has 0 saturated carbocycles. The van der Waals surface area contributed by atoms with E-state index in [-0.39, 0.29) is 29.1 Å². The number of carboxylic acid groups (broad SMARTS) is 1. The summed E-state index contributed by atoms with van der Waals surface area (Å²) in [6, 6.07) is 27.7. The number of aromatic nitrogens is 1. The van der Waals surface area contributed by atoms with Crippen LogP contribution in [-0.4, -0.2) is 39.8 Å². The summed E-state index contributed by atoms with van der Waals surface area (Å²) in [6.45, 7) is 0. The molecular weight excluding hydrogens is 520 g/mol. The molecule has 1 atom stereocenters. The van der Waals surface area contributed by atoms with E-state index in [1.54, 1.807) is 79.0 Å².